The van der Waals surface area contributed by atoms with Gasteiger partial charge in [0.1, 0.15) is 28.4 Å². The summed E-state index contributed by atoms with van der Waals surface area (Å²) in [6, 6.07) is 1.48. The van der Waals surface area contributed by atoms with Crippen molar-refractivity contribution in [3.8, 4) is 17.2 Å². The number of Topliss-reactive ketones (excluding diaryl/α,β-unsaturated/α-hetero) is 1. The maximum absolute atomic E-state index is 11.8. The second kappa shape index (κ2) is 4.77. The van der Waals surface area contributed by atoms with Gasteiger partial charge in [-0.25, -0.2) is 0 Å². The number of phenols is 2. The molecule has 0 spiro atoms. The van der Waals surface area contributed by atoms with Gasteiger partial charge < -0.3 is 14.9 Å². The molecule has 1 heterocycles. The number of allylic oxidation sites excluding steroid dienone is 2. The van der Waals surface area contributed by atoms with E-state index in [9.17, 15) is 15.0 Å². The van der Waals surface area contributed by atoms with Crippen molar-refractivity contribution in [2.45, 2.75) is 58.5 Å². The first kappa shape index (κ1) is 14.9. The van der Waals surface area contributed by atoms with Crippen LogP contribution in [0.2, 0.25) is 0 Å². The monoisotopic (exact) mass is 302 g/mol. The van der Waals surface area contributed by atoms with Crippen LogP contribution in [-0.2, 0) is 0 Å². The number of hydrogen-bond donors (Lipinski definition) is 2. The Hall–Kier alpha value is -1.97. The lowest BCUT2D eigenvalue weighted by Gasteiger charge is -2.46. The molecular weight excluding hydrogens is 280 g/mol. The van der Waals surface area contributed by atoms with Crippen molar-refractivity contribution in [2.75, 3.05) is 0 Å². The van der Waals surface area contributed by atoms with Crippen molar-refractivity contribution in [1.29, 1.82) is 0 Å². The molecule has 0 aromatic heterocycles. The van der Waals surface area contributed by atoms with Gasteiger partial charge in [-0.3, -0.25) is 4.79 Å². The van der Waals surface area contributed by atoms with Gasteiger partial charge in [-0.1, -0.05) is 11.1 Å². The van der Waals surface area contributed by atoms with E-state index >= 15 is 0 Å². The number of phenolic OH excluding ortho intramolecular Hbond substituents is 2. The Labute approximate surface area is 130 Å². The fourth-order valence-electron chi connectivity index (χ4n) is 3.88. The zero-order valence-electron chi connectivity index (χ0n) is 13.5. The van der Waals surface area contributed by atoms with E-state index in [-0.39, 0.29) is 34.4 Å². The van der Waals surface area contributed by atoms with Gasteiger partial charge in [0.05, 0.1) is 0 Å². The van der Waals surface area contributed by atoms with Crippen LogP contribution in [0.4, 0.5) is 0 Å². The summed E-state index contributed by atoms with van der Waals surface area (Å²) in [7, 11) is 0. The van der Waals surface area contributed by atoms with Crippen molar-refractivity contribution in [1.82, 2.24) is 0 Å². The topological polar surface area (TPSA) is 66.8 Å². The van der Waals surface area contributed by atoms with E-state index in [0.29, 0.717) is 11.3 Å². The number of ether oxygens (including phenoxy) is 1. The number of carbonyl (C=O) groups excluding carboxylic acids is 1. The molecule has 1 aliphatic heterocycles. The molecular formula is C18H22O4. The van der Waals surface area contributed by atoms with Crippen LogP contribution in [0.25, 0.3) is 0 Å². The number of carbonyl (C=O) groups is 1. The summed E-state index contributed by atoms with van der Waals surface area (Å²) in [5.74, 6) is -0.148. The molecule has 3 rings (SSSR count). The molecule has 1 aromatic rings. The molecule has 1 aliphatic carbocycles. The highest BCUT2D eigenvalue weighted by Crippen LogP contribution is 2.56. The van der Waals surface area contributed by atoms with Crippen LogP contribution in [0.15, 0.2) is 17.2 Å². The van der Waals surface area contributed by atoms with Gasteiger partial charge in [0.15, 0.2) is 5.78 Å². The third kappa shape index (κ3) is 2.09. The molecule has 1 aromatic carbocycles. The van der Waals surface area contributed by atoms with Crippen LogP contribution in [0.1, 0.15) is 68.8 Å². The first-order valence-electron chi connectivity index (χ1n) is 7.68. The van der Waals surface area contributed by atoms with Crippen LogP contribution in [0, 0.1) is 0 Å². The fourth-order valence-corrected chi connectivity index (χ4v) is 3.88. The molecule has 1 fully saturated rings. The zero-order valence-corrected chi connectivity index (χ0v) is 13.5. The third-order valence-electron chi connectivity index (χ3n) is 4.96. The Kier molecular flexibility index (Phi) is 3.24. The summed E-state index contributed by atoms with van der Waals surface area (Å²) >= 11 is 0. The van der Waals surface area contributed by atoms with Crippen molar-refractivity contribution >= 4 is 5.78 Å². The lowest BCUT2D eigenvalue weighted by atomic mass is 9.69. The zero-order chi connectivity index (χ0) is 16.2. The van der Waals surface area contributed by atoms with E-state index in [0.717, 1.165) is 19.3 Å². The smallest absolute Gasteiger partial charge is 0.167 e. The van der Waals surface area contributed by atoms with Gasteiger partial charge in [0.25, 0.3) is 0 Å². The summed E-state index contributed by atoms with van der Waals surface area (Å²) in [4.78, 5) is 11.8. The lowest BCUT2D eigenvalue weighted by Crippen LogP contribution is -2.42. The molecule has 118 valence electrons. The molecule has 4 heteroatoms. The van der Waals surface area contributed by atoms with Crippen molar-refractivity contribution in [3.05, 3.63) is 28.3 Å². The molecule has 2 aliphatic rings. The Morgan fingerprint density at radius 2 is 2.00 bits per heavy atom. The first-order valence-corrected chi connectivity index (χ1v) is 7.68. The quantitative estimate of drug-likeness (QED) is 0.606. The minimum Gasteiger partial charge on any atom is -0.507 e. The van der Waals surface area contributed by atoms with Crippen LogP contribution < -0.4 is 4.74 Å². The SMILES string of the molecule is CC(=O)c1c(O)cc2c(c1O)[C@@H]1C[C@](C)(CCC1=C(C)C)O2. The predicted molar refractivity (Wildman–Crippen MR) is 83.8 cm³/mol. The standard InChI is InChI=1S/C18H22O4/c1-9(2)11-5-6-18(4)8-12(11)16-14(22-18)7-13(20)15(10(3)19)17(16)21/h7,12,20-21H,5-6,8H2,1-4H3/t12-,18+/m1/s1. The molecule has 2 N–H and O–H groups in total. The highest BCUT2D eigenvalue weighted by atomic mass is 16.5. The number of ketones is 1. The van der Waals surface area contributed by atoms with Gasteiger partial charge in [0, 0.05) is 17.5 Å². The third-order valence-corrected chi connectivity index (χ3v) is 4.96. The Bertz CT molecular complexity index is 698. The number of fused-ring (bicyclic) bond motifs is 4. The Balaban J connectivity index is 2.28. The van der Waals surface area contributed by atoms with E-state index in [2.05, 4.69) is 20.8 Å². The first-order chi connectivity index (χ1) is 10.2. The van der Waals surface area contributed by atoms with Crippen LogP contribution in [0.3, 0.4) is 0 Å². The number of hydrogen-bond acceptors (Lipinski definition) is 4. The number of benzene rings is 1. The van der Waals surface area contributed by atoms with Crippen molar-refractivity contribution in [2.24, 2.45) is 0 Å². The minimum absolute atomic E-state index is 0.00960. The molecule has 1 saturated carbocycles. The lowest BCUT2D eigenvalue weighted by molar-refractivity contribution is 0.0343. The summed E-state index contributed by atoms with van der Waals surface area (Å²) < 4.78 is 6.06. The van der Waals surface area contributed by atoms with Gasteiger partial charge in [-0.2, -0.15) is 0 Å². The molecule has 22 heavy (non-hydrogen) atoms. The normalized spacial score (nSPS) is 26.2. The minimum atomic E-state index is -0.347. The fraction of sp³-hybridized carbons (Fsp3) is 0.500. The summed E-state index contributed by atoms with van der Waals surface area (Å²) in [6.07, 6.45) is 2.63. The van der Waals surface area contributed by atoms with Crippen LogP contribution >= 0.6 is 0 Å². The largest absolute Gasteiger partial charge is 0.507 e. The molecule has 0 unspecified atom stereocenters. The second-order valence-corrected chi connectivity index (χ2v) is 6.92. The number of rotatable bonds is 1. The molecule has 4 nitrogen and oxygen atoms in total. The van der Waals surface area contributed by atoms with Crippen molar-refractivity contribution in [3.63, 3.8) is 0 Å². The second-order valence-electron chi connectivity index (χ2n) is 6.92. The Morgan fingerprint density at radius 1 is 1.32 bits per heavy atom. The predicted octanol–water partition coefficient (Wildman–Crippen LogP) is 4.06. The van der Waals surface area contributed by atoms with E-state index in [1.165, 1.54) is 24.1 Å². The highest BCUT2D eigenvalue weighted by molar-refractivity contribution is 6.00. The van der Waals surface area contributed by atoms with E-state index in [1.807, 2.05) is 0 Å². The average Bonchev–Trinajstić information content (AvgIpc) is 2.35. The van der Waals surface area contributed by atoms with Crippen LogP contribution in [-0.4, -0.2) is 21.6 Å². The van der Waals surface area contributed by atoms with E-state index < -0.39 is 0 Å². The molecule has 0 saturated heterocycles. The molecule has 0 radical (unpaired) electrons. The molecule has 0 amide bonds. The van der Waals surface area contributed by atoms with Gasteiger partial charge >= 0.3 is 0 Å². The maximum Gasteiger partial charge on any atom is 0.167 e. The molecule has 2 atom stereocenters. The number of aromatic hydroxyl groups is 2. The van der Waals surface area contributed by atoms with Gasteiger partial charge in [-0.05, 0) is 47.0 Å². The van der Waals surface area contributed by atoms with E-state index in [1.54, 1.807) is 0 Å². The summed E-state index contributed by atoms with van der Waals surface area (Å²) in [5, 5.41) is 20.7. The maximum atomic E-state index is 11.8. The van der Waals surface area contributed by atoms with Gasteiger partial charge in [-0.15, -0.1) is 0 Å². The highest BCUT2D eigenvalue weighted by Gasteiger charge is 2.45. The van der Waals surface area contributed by atoms with Crippen molar-refractivity contribution < 1.29 is 19.7 Å². The van der Waals surface area contributed by atoms with Crippen LogP contribution in [0.5, 0.6) is 17.2 Å². The molecule has 2 bridgehead atoms. The average molecular weight is 302 g/mol. The van der Waals surface area contributed by atoms with E-state index in [4.69, 9.17) is 4.74 Å². The summed E-state index contributed by atoms with van der Waals surface area (Å²) in [5.41, 5.74) is 2.91. The van der Waals surface area contributed by atoms with Gasteiger partial charge in [0.2, 0.25) is 0 Å². The Morgan fingerprint density at radius 3 is 2.59 bits per heavy atom. The summed E-state index contributed by atoms with van der Waals surface area (Å²) in [6.45, 7) is 7.57.